The summed E-state index contributed by atoms with van der Waals surface area (Å²) in [6.45, 7) is 4.97. The molecule has 2 aromatic carbocycles. The van der Waals surface area contributed by atoms with Crippen LogP contribution in [0.1, 0.15) is 31.4 Å². The lowest BCUT2D eigenvalue weighted by Gasteiger charge is -2.31. The highest BCUT2D eigenvalue weighted by Gasteiger charge is 2.31. The van der Waals surface area contributed by atoms with Gasteiger partial charge < -0.3 is 25.6 Å². The number of aliphatic hydroxyl groups excluding tert-OH is 2. The Labute approximate surface area is 219 Å². The number of benzene rings is 2. The van der Waals surface area contributed by atoms with Crippen molar-refractivity contribution in [3.05, 3.63) is 65.7 Å². The number of hydrogen-bond acceptors (Lipinski definition) is 7. The molecule has 1 aliphatic rings. The first-order valence-corrected chi connectivity index (χ1v) is 14.2. The van der Waals surface area contributed by atoms with E-state index in [4.69, 9.17) is 4.74 Å². The van der Waals surface area contributed by atoms with E-state index in [1.807, 2.05) is 44.2 Å². The Kier molecular flexibility index (Phi) is 11.0. The fourth-order valence-electron chi connectivity index (χ4n) is 4.27. The van der Waals surface area contributed by atoms with Gasteiger partial charge in [0.1, 0.15) is 0 Å². The van der Waals surface area contributed by atoms with Crippen LogP contribution in [0.15, 0.2) is 59.5 Å². The Hall–Kier alpha value is -2.34. The molecule has 1 amide bonds. The molecule has 10 heteroatoms. The maximum atomic E-state index is 13.5. The molecule has 0 saturated carbocycles. The molecule has 3 rings (SSSR count). The van der Waals surface area contributed by atoms with Gasteiger partial charge in [-0.15, -0.1) is 0 Å². The summed E-state index contributed by atoms with van der Waals surface area (Å²) in [5.41, 5.74) is 1.53. The van der Waals surface area contributed by atoms with Crippen LogP contribution in [0.2, 0.25) is 0 Å². The van der Waals surface area contributed by atoms with Gasteiger partial charge in [-0.2, -0.15) is 4.31 Å². The summed E-state index contributed by atoms with van der Waals surface area (Å²) in [6, 6.07) is 14.9. The number of aliphatic hydroxyl groups is 2. The van der Waals surface area contributed by atoms with Gasteiger partial charge in [0.25, 0.3) is 0 Å². The number of nitrogens with zero attached hydrogens (tertiary/aromatic N) is 1. The van der Waals surface area contributed by atoms with Crippen molar-refractivity contribution in [3.8, 4) is 0 Å². The second kappa shape index (κ2) is 14.0. The normalized spacial score (nSPS) is 17.7. The van der Waals surface area contributed by atoms with Crippen molar-refractivity contribution >= 4 is 15.9 Å². The number of carbonyl (C=O) groups is 1. The first-order valence-electron chi connectivity index (χ1n) is 12.7. The third-order valence-electron chi connectivity index (χ3n) is 6.29. The molecule has 0 spiro atoms. The molecule has 1 heterocycles. The van der Waals surface area contributed by atoms with E-state index < -0.39 is 22.2 Å². The quantitative estimate of drug-likeness (QED) is 0.288. The Morgan fingerprint density at radius 1 is 1.08 bits per heavy atom. The Morgan fingerprint density at radius 2 is 1.78 bits per heavy atom. The van der Waals surface area contributed by atoms with E-state index in [0.717, 1.165) is 12.0 Å². The molecule has 1 fully saturated rings. The molecule has 0 radical (unpaired) electrons. The fraction of sp³-hybridized carbons (Fsp3) is 0.519. The van der Waals surface area contributed by atoms with Crippen LogP contribution in [0.3, 0.4) is 0 Å². The molecule has 0 bridgehead atoms. The van der Waals surface area contributed by atoms with E-state index in [9.17, 15) is 23.4 Å². The zero-order chi connectivity index (χ0) is 26.8. The predicted molar refractivity (Wildman–Crippen MR) is 141 cm³/mol. The van der Waals surface area contributed by atoms with Crippen LogP contribution in [-0.2, 0) is 32.6 Å². The summed E-state index contributed by atoms with van der Waals surface area (Å²) in [4.78, 5) is 12.9. The lowest BCUT2D eigenvalue weighted by molar-refractivity contribution is -0.122. The number of carbonyl (C=O) groups excluding carboxylic acids is 1. The molecule has 4 N–H and O–H groups in total. The second-order valence-electron chi connectivity index (χ2n) is 9.89. The minimum Gasteiger partial charge on any atom is -0.392 e. The summed E-state index contributed by atoms with van der Waals surface area (Å²) in [5, 5.41) is 26.7. The van der Waals surface area contributed by atoms with E-state index >= 15 is 0 Å². The van der Waals surface area contributed by atoms with Gasteiger partial charge in [0.15, 0.2) is 0 Å². The summed E-state index contributed by atoms with van der Waals surface area (Å²) >= 11 is 0. The molecule has 204 valence electrons. The minimum absolute atomic E-state index is 0.0127. The summed E-state index contributed by atoms with van der Waals surface area (Å²) < 4.78 is 33.6. The van der Waals surface area contributed by atoms with Gasteiger partial charge in [0.2, 0.25) is 15.9 Å². The Bertz CT molecular complexity index is 1070. The Balaban J connectivity index is 1.77. The first-order chi connectivity index (χ1) is 17.7. The molecule has 1 aliphatic heterocycles. The number of nitrogens with one attached hydrogen (secondary N) is 2. The zero-order valence-corrected chi connectivity index (χ0v) is 22.4. The SMILES string of the molecule is CC(C)CN(C[C@@H](O)[C@H](Cc1ccccc1)NC(=O)CN[C@H]1CCOC1)S(=O)(=O)c1ccc(CO)cc1. The van der Waals surface area contributed by atoms with Crippen molar-refractivity contribution in [2.75, 3.05) is 32.8 Å². The van der Waals surface area contributed by atoms with Gasteiger partial charge >= 0.3 is 0 Å². The van der Waals surface area contributed by atoms with Gasteiger partial charge in [-0.3, -0.25) is 4.79 Å². The summed E-state index contributed by atoms with van der Waals surface area (Å²) in [7, 11) is -3.92. The molecule has 1 saturated heterocycles. The highest BCUT2D eigenvalue weighted by atomic mass is 32.2. The van der Waals surface area contributed by atoms with Crippen LogP contribution in [0.5, 0.6) is 0 Å². The predicted octanol–water partition coefficient (Wildman–Crippen LogP) is 1.29. The van der Waals surface area contributed by atoms with Crippen molar-refractivity contribution in [2.45, 2.75) is 56.4 Å². The lowest BCUT2D eigenvalue weighted by atomic mass is 10.0. The third kappa shape index (κ3) is 8.87. The summed E-state index contributed by atoms with van der Waals surface area (Å²) in [5.74, 6) is -0.261. The molecule has 9 nitrogen and oxygen atoms in total. The molecule has 3 atom stereocenters. The highest BCUT2D eigenvalue weighted by Crippen LogP contribution is 2.20. The van der Waals surface area contributed by atoms with E-state index in [1.165, 1.54) is 16.4 Å². The van der Waals surface area contributed by atoms with Crippen molar-refractivity contribution < 1.29 is 28.2 Å². The van der Waals surface area contributed by atoms with Crippen molar-refractivity contribution in [1.82, 2.24) is 14.9 Å². The first kappa shape index (κ1) is 29.2. The lowest BCUT2D eigenvalue weighted by Crippen LogP contribution is -2.53. The molecule has 0 unspecified atom stereocenters. The van der Waals surface area contributed by atoms with Crippen molar-refractivity contribution in [3.63, 3.8) is 0 Å². The standard InChI is InChI=1S/C27H39N3O6S/c1-20(2)16-30(37(34,35)24-10-8-22(18-31)9-11-24)17-26(32)25(14-21-6-4-3-5-7-21)29-27(33)15-28-23-12-13-36-19-23/h3-11,20,23,25-26,28,31-32H,12-19H2,1-2H3,(H,29,33)/t23-,25-,26+/m0/s1. The number of rotatable bonds is 14. The molecule has 0 aliphatic carbocycles. The van der Waals surface area contributed by atoms with E-state index in [0.29, 0.717) is 25.2 Å². The number of sulfonamides is 1. The van der Waals surface area contributed by atoms with Crippen LogP contribution in [0.4, 0.5) is 0 Å². The zero-order valence-electron chi connectivity index (χ0n) is 21.5. The van der Waals surface area contributed by atoms with Crippen molar-refractivity contribution in [2.24, 2.45) is 5.92 Å². The number of amides is 1. The van der Waals surface area contributed by atoms with Crippen LogP contribution >= 0.6 is 0 Å². The highest BCUT2D eigenvalue weighted by molar-refractivity contribution is 7.89. The van der Waals surface area contributed by atoms with Gasteiger partial charge in [0.05, 0.1) is 36.8 Å². The minimum atomic E-state index is -3.92. The average Bonchev–Trinajstić information content (AvgIpc) is 3.41. The third-order valence-corrected chi connectivity index (χ3v) is 8.14. The van der Waals surface area contributed by atoms with Gasteiger partial charge in [-0.25, -0.2) is 8.42 Å². The van der Waals surface area contributed by atoms with Gasteiger partial charge in [-0.05, 0) is 42.0 Å². The average molecular weight is 534 g/mol. The van der Waals surface area contributed by atoms with E-state index in [1.54, 1.807) is 12.1 Å². The molecular weight excluding hydrogens is 494 g/mol. The van der Waals surface area contributed by atoms with E-state index in [2.05, 4.69) is 10.6 Å². The van der Waals surface area contributed by atoms with Gasteiger partial charge in [-0.1, -0.05) is 56.3 Å². The topological polar surface area (TPSA) is 128 Å². The fourth-order valence-corrected chi connectivity index (χ4v) is 5.89. The smallest absolute Gasteiger partial charge is 0.243 e. The molecular formula is C27H39N3O6S. The number of hydrogen-bond donors (Lipinski definition) is 4. The Morgan fingerprint density at radius 3 is 2.38 bits per heavy atom. The monoisotopic (exact) mass is 533 g/mol. The van der Waals surface area contributed by atoms with E-state index in [-0.39, 0.29) is 49.0 Å². The maximum absolute atomic E-state index is 13.5. The second-order valence-corrected chi connectivity index (χ2v) is 11.8. The largest absolute Gasteiger partial charge is 0.392 e. The molecule has 2 aromatic rings. The van der Waals surface area contributed by atoms with Crippen LogP contribution in [0.25, 0.3) is 0 Å². The number of ether oxygens (including phenoxy) is 1. The van der Waals surface area contributed by atoms with Gasteiger partial charge in [0, 0.05) is 25.7 Å². The summed E-state index contributed by atoms with van der Waals surface area (Å²) in [6.07, 6.45) is 0.0373. The van der Waals surface area contributed by atoms with Crippen molar-refractivity contribution in [1.29, 1.82) is 0 Å². The van der Waals surface area contributed by atoms with Crippen LogP contribution in [0, 0.1) is 5.92 Å². The van der Waals surface area contributed by atoms with Crippen LogP contribution < -0.4 is 10.6 Å². The maximum Gasteiger partial charge on any atom is 0.243 e. The molecule has 37 heavy (non-hydrogen) atoms. The molecule has 0 aromatic heterocycles. The van der Waals surface area contributed by atoms with Crippen LogP contribution in [-0.4, -0.2) is 79.9 Å².